The number of urea groups is 1. The van der Waals surface area contributed by atoms with Crippen molar-refractivity contribution in [3.05, 3.63) is 42.0 Å². The summed E-state index contributed by atoms with van der Waals surface area (Å²) in [7, 11) is 0. The molecule has 48 nitrogen and oxygen atoms in total. The first-order chi connectivity index (χ1) is 59.2. The second-order valence-corrected chi connectivity index (χ2v) is 30.5. The van der Waals surface area contributed by atoms with Gasteiger partial charge in [0.05, 0.1) is 104 Å². The number of imide groups is 1. The van der Waals surface area contributed by atoms with Crippen LogP contribution in [0.3, 0.4) is 0 Å². The Morgan fingerprint density at radius 3 is 1.18 bits per heavy atom. The second-order valence-electron chi connectivity index (χ2n) is 30.5. The molecule has 48 heteroatoms. The number of carboxylic acid groups (broad SMARTS) is 1. The number of anilines is 1. The van der Waals surface area contributed by atoms with E-state index < -0.39 is 277 Å². The summed E-state index contributed by atoms with van der Waals surface area (Å²) in [5, 5.41) is 246. The highest BCUT2D eigenvalue weighted by Crippen LogP contribution is 2.19. The number of carbonyl (C=O) groups is 11. The predicted molar refractivity (Wildman–Crippen MR) is 434 cm³/mol. The lowest BCUT2D eigenvalue weighted by atomic mass is 10.0. The summed E-state index contributed by atoms with van der Waals surface area (Å²) in [6, 6.07) is -2.16. The van der Waals surface area contributed by atoms with E-state index in [-0.39, 0.29) is 143 Å². The maximum Gasteiger partial charge on any atom is 0.326 e. The topological polar surface area (TPSA) is 793 Å². The molecule has 0 aliphatic carbocycles. The van der Waals surface area contributed by atoms with Crippen LogP contribution in [0.25, 0.3) is 0 Å². The Kier molecular flexibility index (Phi) is 56.4. The number of nitrogens with two attached hydrogens (primary N) is 1. The number of amides is 11. The average Bonchev–Trinajstić information content (AvgIpc) is 1.87. The van der Waals surface area contributed by atoms with Gasteiger partial charge in [-0.3, -0.25) is 57.9 Å². The van der Waals surface area contributed by atoms with Gasteiger partial charge in [-0.05, 0) is 107 Å². The predicted octanol–water partition coefficient (Wildman–Crippen LogP) is -13.1. The van der Waals surface area contributed by atoms with E-state index in [0.29, 0.717) is 11.3 Å². The van der Waals surface area contributed by atoms with Crippen molar-refractivity contribution >= 4 is 70.9 Å². The Morgan fingerprint density at radius 2 is 0.760 bits per heavy atom. The normalized spacial score (nSPS) is 17.5. The third-order valence-corrected chi connectivity index (χ3v) is 20.1. The van der Waals surface area contributed by atoms with E-state index in [1.807, 2.05) is 0 Å². The molecule has 0 spiro atoms. The molecule has 125 heavy (non-hydrogen) atoms. The van der Waals surface area contributed by atoms with Crippen LogP contribution in [0.15, 0.2) is 36.4 Å². The van der Waals surface area contributed by atoms with E-state index in [2.05, 4.69) is 42.5 Å². The van der Waals surface area contributed by atoms with E-state index in [9.17, 15) is 165 Å². The lowest BCUT2D eigenvalue weighted by molar-refractivity contribution is -0.142. The highest BCUT2D eigenvalue weighted by Gasteiger charge is 2.39. The molecule has 0 saturated heterocycles. The molecule has 1 aromatic carbocycles. The molecular weight excluding hydrogens is 1670 g/mol. The van der Waals surface area contributed by atoms with Crippen LogP contribution in [-0.2, 0) is 68.8 Å². The van der Waals surface area contributed by atoms with Gasteiger partial charge in [0.15, 0.2) is 0 Å². The summed E-state index contributed by atoms with van der Waals surface area (Å²) in [6.45, 7) is -4.80. The van der Waals surface area contributed by atoms with Crippen molar-refractivity contribution in [1.29, 1.82) is 0 Å². The van der Waals surface area contributed by atoms with Crippen LogP contribution < -0.4 is 48.3 Å². The summed E-state index contributed by atoms with van der Waals surface area (Å²) < 4.78 is 16.5. The number of primary amides is 1. The van der Waals surface area contributed by atoms with Crippen LogP contribution in [0.2, 0.25) is 0 Å². The Balaban J connectivity index is 2.55. The SMILES string of the molecule is CC(C)[C@H](NC(=O)CCC(=O)NCCCC[C@H](NC(=O)[C@H](CCCCN(C[C@H](O)[C@@H](O)[C@H](O)[C@H](O)CO)C[C@H](O)[C@@H](O)[C@H](O)[C@H](O)CO)NC(=O)CCOCCOCCOCCN1C(=O)C=CC1=O)C(=O)N[C@@H](CCCCN(C[C@H](O)[C@@H](O)[C@H](O)[C@H](O)CO)C[C@H](O)[C@@H](O)[C@H](O)[C@H](O)CO)C(=O)O)C(=O)N[C@@H](CCCNC(N)=O)C(=O)Nc1ccc(CO)cc1. The number of rotatable bonds is 71. The zero-order valence-electron chi connectivity index (χ0n) is 70.2. The molecule has 32 N–H and O–H groups in total. The summed E-state index contributed by atoms with van der Waals surface area (Å²) >= 11 is 0. The van der Waals surface area contributed by atoms with Gasteiger partial charge in [-0.15, -0.1) is 0 Å². The number of ether oxygens (including phenoxy) is 3. The largest absolute Gasteiger partial charge is 0.480 e. The zero-order chi connectivity index (χ0) is 94.0. The van der Waals surface area contributed by atoms with Crippen molar-refractivity contribution in [1.82, 2.24) is 51.9 Å². The molecule has 0 unspecified atom stereocenters. The van der Waals surface area contributed by atoms with Crippen molar-refractivity contribution in [2.45, 2.75) is 238 Å². The summed E-state index contributed by atoms with van der Waals surface area (Å²) in [6.07, 6.45) is -33.2. The minimum Gasteiger partial charge on any atom is -0.480 e. The minimum absolute atomic E-state index is 0.000655. The van der Waals surface area contributed by atoms with Crippen LogP contribution >= 0.6 is 0 Å². The molecule has 2 rings (SSSR count). The second kappa shape index (κ2) is 62.3. The van der Waals surface area contributed by atoms with Crippen molar-refractivity contribution in [2.24, 2.45) is 11.7 Å². The van der Waals surface area contributed by atoms with Crippen molar-refractivity contribution < 1.29 is 179 Å². The first kappa shape index (κ1) is 113. The smallest absolute Gasteiger partial charge is 0.326 e. The summed E-state index contributed by atoms with van der Waals surface area (Å²) in [4.78, 5) is 149. The number of unbranched alkanes of at least 4 members (excludes halogenated alkanes) is 3. The van der Waals surface area contributed by atoms with Crippen LogP contribution in [-0.4, -0.2) is 445 Å². The number of carbonyl (C=O) groups excluding carboxylic acids is 10. The Labute approximate surface area is 721 Å². The molecule has 0 radical (unpaired) electrons. The van der Waals surface area contributed by atoms with Crippen molar-refractivity contribution in [3.8, 4) is 0 Å². The van der Waals surface area contributed by atoms with Gasteiger partial charge < -0.3 is 175 Å². The first-order valence-electron chi connectivity index (χ1n) is 41.2. The molecule has 0 fully saturated rings. The number of benzene rings is 1. The fraction of sp³-hybridized carbons (Fsp3) is 0.753. The molecule has 0 bridgehead atoms. The molecule has 1 aliphatic rings. The van der Waals surface area contributed by atoms with E-state index in [0.717, 1.165) is 22.0 Å². The van der Waals surface area contributed by atoms with Crippen LogP contribution in [0, 0.1) is 5.92 Å². The molecule has 718 valence electrons. The average molecular weight is 1800 g/mol. The molecule has 1 heterocycles. The molecule has 11 amide bonds. The van der Waals surface area contributed by atoms with E-state index in [1.54, 1.807) is 26.0 Å². The number of hydrogen-bond donors (Lipinski definition) is 31. The van der Waals surface area contributed by atoms with E-state index >= 15 is 0 Å². The molecule has 0 saturated carbocycles. The fourth-order valence-corrected chi connectivity index (χ4v) is 12.5. The van der Waals surface area contributed by atoms with Gasteiger partial charge >= 0.3 is 12.0 Å². The summed E-state index contributed by atoms with van der Waals surface area (Å²) in [5.41, 5.74) is 6.08. The van der Waals surface area contributed by atoms with Gasteiger partial charge in [0, 0.05) is 76.4 Å². The maximum absolute atomic E-state index is 14.8. The lowest BCUT2D eigenvalue weighted by Crippen LogP contribution is -2.55. The number of nitrogens with one attached hydrogen (secondary N) is 8. The van der Waals surface area contributed by atoms with Crippen LogP contribution in [0.1, 0.15) is 109 Å². The number of nitrogens with zero attached hydrogens (tertiary/aromatic N) is 3. The highest BCUT2D eigenvalue weighted by atomic mass is 16.5. The van der Waals surface area contributed by atoms with E-state index in [4.69, 9.17) is 19.9 Å². The molecule has 1 aliphatic heterocycles. The first-order valence-corrected chi connectivity index (χ1v) is 41.2. The van der Waals surface area contributed by atoms with Crippen LogP contribution in [0.4, 0.5) is 10.5 Å². The van der Waals surface area contributed by atoms with Gasteiger partial charge in [0.2, 0.25) is 41.4 Å². The third kappa shape index (κ3) is 44.1. The molecule has 1 aromatic rings. The fourth-order valence-electron chi connectivity index (χ4n) is 12.5. The quantitative estimate of drug-likeness (QED) is 0.0213. The van der Waals surface area contributed by atoms with Gasteiger partial charge in [-0.2, -0.15) is 0 Å². The molecule has 0 aromatic heterocycles. The van der Waals surface area contributed by atoms with Gasteiger partial charge in [-0.1, -0.05) is 26.0 Å². The van der Waals surface area contributed by atoms with Crippen LogP contribution in [0.5, 0.6) is 0 Å². The van der Waals surface area contributed by atoms with Gasteiger partial charge in [0.25, 0.3) is 11.8 Å². The number of aliphatic carboxylic acids is 1. The summed E-state index contributed by atoms with van der Waals surface area (Å²) in [5.74, 6) is -9.04. The Hall–Kier alpha value is -7.91. The lowest BCUT2D eigenvalue weighted by Gasteiger charge is -2.33. The number of carboxylic acids is 1. The van der Waals surface area contributed by atoms with Gasteiger partial charge in [0.1, 0.15) is 103 Å². The maximum atomic E-state index is 14.8. The number of aliphatic hydroxyl groups excluding tert-OH is 21. The van der Waals surface area contributed by atoms with Crippen molar-refractivity contribution in [3.63, 3.8) is 0 Å². The van der Waals surface area contributed by atoms with E-state index in [1.165, 1.54) is 17.0 Å². The molecule has 21 atom stereocenters. The third-order valence-electron chi connectivity index (χ3n) is 20.1. The standard InChI is InChI=1S/C77H134N12O36/c1-43(2)63(75(119)84-48(13-9-24-80-77(78)122)72(116)81-45-16-14-44(38-90)15-17-45)86-59(104)19-18-58(103)79-23-6-3-10-47(74(118)85-49(76(120)121)12-5-8-26-88(36-52(97)66(110)70(114)56(101)41-93)37-53(98)67(111)71(115)57(102)42-94)83-73(117)46(82-60(105)22-28-123-30-32-125-33-31-124-29-27-89-61(106)20-21-62(89)107)11-4-7-25-87(34-50(95)64(108)68(112)54(99)39-91)35-51(96)65(109)69(113)55(100)40-92/h14-17,20-21,43,46-57,63-71,90-102,108-115H,3-13,18-19,22-42H2,1-2H3,(H,79,103)(H,81,116)(H,82,105)(H,83,117)(H,84,119)(H,85,118)(H,86,104)(H,120,121)(H3,78,80,122)/t46-,47-,48-,49-,50-,51-,52-,53-,54+,55+,56+,57+,63-,64+,65+,66+,67+,68+,69+,70+,71+/m0/s1. The highest BCUT2D eigenvalue weighted by molar-refractivity contribution is 6.12. The Morgan fingerprint density at radius 1 is 0.400 bits per heavy atom. The van der Waals surface area contributed by atoms with Crippen molar-refractivity contribution in [2.75, 3.05) is 130 Å². The monoisotopic (exact) mass is 1800 g/mol. The van der Waals surface area contributed by atoms with Gasteiger partial charge in [-0.25, -0.2) is 9.59 Å². The number of hydrogen-bond acceptors (Lipinski definition) is 37. The Bertz CT molecular complexity index is 3290. The minimum atomic E-state index is -2.16. The zero-order valence-corrected chi connectivity index (χ0v) is 70.2. The molecular formula is C77H134N12O36. The number of aliphatic hydroxyl groups is 21.